The SMILES string of the molecule is Cc1ccc2c(c1)C(=O)C[C@@H](c1ccc(Cl)cc1Cl)O2. The van der Waals surface area contributed by atoms with E-state index >= 15 is 0 Å². The van der Waals surface area contributed by atoms with Crippen molar-refractivity contribution in [2.75, 3.05) is 0 Å². The first-order chi connectivity index (χ1) is 9.54. The first-order valence-electron chi connectivity index (χ1n) is 6.30. The van der Waals surface area contributed by atoms with Crippen LogP contribution in [0, 0.1) is 6.92 Å². The molecule has 0 aromatic heterocycles. The molecule has 0 radical (unpaired) electrons. The van der Waals surface area contributed by atoms with E-state index in [1.54, 1.807) is 12.1 Å². The summed E-state index contributed by atoms with van der Waals surface area (Å²) in [7, 11) is 0. The van der Waals surface area contributed by atoms with Gasteiger partial charge in [0.1, 0.15) is 11.9 Å². The predicted molar refractivity (Wildman–Crippen MR) is 80.0 cm³/mol. The summed E-state index contributed by atoms with van der Waals surface area (Å²) in [5, 5.41) is 1.09. The molecule has 1 aliphatic heterocycles. The highest BCUT2D eigenvalue weighted by Crippen LogP contribution is 2.38. The Morgan fingerprint density at radius 3 is 2.70 bits per heavy atom. The van der Waals surface area contributed by atoms with Crippen LogP contribution in [0.4, 0.5) is 0 Å². The van der Waals surface area contributed by atoms with E-state index in [1.165, 1.54) is 0 Å². The molecule has 2 nitrogen and oxygen atoms in total. The van der Waals surface area contributed by atoms with E-state index < -0.39 is 0 Å². The fourth-order valence-electron chi connectivity index (χ4n) is 2.37. The average Bonchev–Trinajstić information content (AvgIpc) is 2.39. The van der Waals surface area contributed by atoms with E-state index in [0.717, 1.165) is 11.1 Å². The van der Waals surface area contributed by atoms with Crippen molar-refractivity contribution in [3.8, 4) is 5.75 Å². The number of ketones is 1. The average molecular weight is 307 g/mol. The number of carbonyl (C=O) groups excluding carboxylic acids is 1. The Morgan fingerprint density at radius 1 is 1.15 bits per heavy atom. The fraction of sp³-hybridized carbons (Fsp3) is 0.188. The molecular formula is C16H12Cl2O2. The van der Waals surface area contributed by atoms with Crippen molar-refractivity contribution in [1.82, 2.24) is 0 Å². The summed E-state index contributed by atoms with van der Waals surface area (Å²) in [4.78, 5) is 12.3. The van der Waals surface area contributed by atoms with Crippen LogP contribution in [-0.4, -0.2) is 5.78 Å². The lowest BCUT2D eigenvalue weighted by atomic mass is 9.95. The third kappa shape index (κ3) is 2.41. The Hall–Kier alpha value is -1.51. The van der Waals surface area contributed by atoms with Gasteiger partial charge in [-0.1, -0.05) is 40.9 Å². The molecule has 0 amide bonds. The molecule has 102 valence electrons. The minimum Gasteiger partial charge on any atom is -0.484 e. The van der Waals surface area contributed by atoms with E-state index in [0.29, 0.717) is 21.4 Å². The molecule has 0 aliphatic carbocycles. The molecule has 1 atom stereocenters. The van der Waals surface area contributed by atoms with Gasteiger partial charge in [0.25, 0.3) is 0 Å². The van der Waals surface area contributed by atoms with Crippen LogP contribution in [0.2, 0.25) is 10.0 Å². The molecule has 0 spiro atoms. The van der Waals surface area contributed by atoms with Crippen LogP contribution in [0.3, 0.4) is 0 Å². The second-order valence-corrected chi connectivity index (χ2v) is 5.74. The summed E-state index contributed by atoms with van der Waals surface area (Å²) in [5.74, 6) is 0.689. The first kappa shape index (κ1) is 13.5. The van der Waals surface area contributed by atoms with Crippen molar-refractivity contribution in [1.29, 1.82) is 0 Å². The van der Waals surface area contributed by atoms with Gasteiger partial charge in [0.05, 0.1) is 12.0 Å². The zero-order chi connectivity index (χ0) is 14.3. The number of hydrogen-bond donors (Lipinski definition) is 0. The number of carbonyl (C=O) groups is 1. The summed E-state index contributed by atoms with van der Waals surface area (Å²) in [6.07, 6.45) is -0.0693. The van der Waals surface area contributed by atoms with Crippen molar-refractivity contribution in [2.45, 2.75) is 19.4 Å². The number of hydrogen-bond acceptors (Lipinski definition) is 2. The number of Topliss-reactive ketones (excluding diaryl/α,β-unsaturated/α-hetero) is 1. The van der Waals surface area contributed by atoms with Gasteiger partial charge in [0, 0.05) is 15.6 Å². The zero-order valence-electron chi connectivity index (χ0n) is 10.8. The lowest BCUT2D eigenvalue weighted by molar-refractivity contribution is 0.0850. The Kier molecular flexibility index (Phi) is 3.45. The third-order valence-corrected chi connectivity index (χ3v) is 3.95. The maximum atomic E-state index is 12.3. The predicted octanol–water partition coefficient (Wildman–Crippen LogP) is 5.01. The van der Waals surface area contributed by atoms with Crippen molar-refractivity contribution >= 4 is 29.0 Å². The minimum absolute atomic E-state index is 0.0750. The molecule has 0 fully saturated rings. The van der Waals surface area contributed by atoms with Crippen molar-refractivity contribution in [3.63, 3.8) is 0 Å². The molecule has 0 unspecified atom stereocenters. The van der Waals surface area contributed by atoms with Gasteiger partial charge in [-0.25, -0.2) is 0 Å². The second-order valence-electron chi connectivity index (χ2n) is 4.90. The molecule has 2 aromatic rings. The van der Waals surface area contributed by atoms with E-state index in [4.69, 9.17) is 27.9 Å². The lowest BCUT2D eigenvalue weighted by Crippen LogP contribution is -2.20. The smallest absolute Gasteiger partial charge is 0.170 e. The Balaban J connectivity index is 1.99. The molecule has 2 aromatic carbocycles. The highest BCUT2D eigenvalue weighted by molar-refractivity contribution is 6.35. The monoisotopic (exact) mass is 306 g/mol. The number of ether oxygens (including phenoxy) is 1. The van der Waals surface area contributed by atoms with Gasteiger partial charge in [0.2, 0.25) is 0 Å². The quantitative estimate of drug-likeness (QED) is 0.740. The van der Waals surface area contributed by atoms with Crippen LogP contribution >= 0.6 is 23.2 Å². The van der Waals surface area contributed by atoms with Crippen LogP contribution in [0.5, 0.6) is 5.75 Å². The molecule has 0 saturated heterocycles. The van der Waals surface area contributed by atoms with Gasteiger partial charge < -0.3 is 4.74 Å². The second kappa shape index (κ2) is 5.12. The third-order valence-electron chi connectivity index (χ3n) is 3.38. The number of aryl methyl sites for hydroxylation is 1. The fourth-order valence-corrected chi connectivity index (χ4v) is 2.90. The van der Waals surface area contributed by atoms with Crippen molar-refractivity contribution in [2.24, 2.45) is 0 Å². The van der Waals surface area contributed by atoms with E-state index in [2.05, 4.69) is 0 Å². The van der Waals surface area contributed by atoms with Gasteiger partial charge in [-0.05, 0) is 31.2 Å². The Bertz CT molecular complexity index is 695. The van der Waals surface area contributed by atoms with Gasteiger partial charge >= 0.3 is 0 Å². The summed E-state index contributed by atoms with van der Waals surface area (Å²) >= 11 is 12.1. The van der Waals surface area contributed by atoms with E-state index in [1.807, 2.05) is 31.2 Å². The molecule has 1 aliphatic rings. The molecule has 1 heterocycles. The van der Waals surface area contributed by atoms with Crippen LogP contribution in [0.15, 0.2) is 36.4 Å². The summed E-state index contributed by atoms with van der Waals surface area (Å²) in [6, 6.07) is 10.8. The van der Waals surface area contributed by atoms with Crippen LogP contribution in [0.25, 0.3) is 0 Å². The molecule has 3 rings (SSSR count). The van der Waals surface area contributed by atoms with Crippen molar-refractivity contribution < 1.29 is 9.53 Å². The molecule has 0 bridgehead atoms. The van der Waals surface area contributed by atoms with Gasteiger partial charge in [0.15, 0.2) is 5.78 Å². The summed E-state index contributed by atoms with van der Waals surface area (Å²) < 4.78 is 5.92. The maximum Gasteiger partial charge on any atom is 0.170 e. The summed E-state index contributed by atoms with van der Waals surface area (Å²) in [5.41, 5.74) is 2.48. The molecular weight excluding hydrogens is 295 g/mol. The molecule has 0 N–H and O–H groups in total. The van der Waals surface area contributed by atoms with Gasteiger partial charge in [-0.2, -0.15) is 0 Å². The Labute approximate surface area is 127 Å². The van der Waals surface area contributed by atoms with Crippen LogP contribution in [-0.2, 0) is 0 Å². The van der Waals surface area contributed by atoms with E-state index in [9.17, 15) is 4.79 Å². The van der Waals surface area contributed by atoms with E-state index in [-0.39, 0.29) is 18.3 Å². The Morgan fingerprint density at radius 2 is 1.95 bits per heavy atom. The topological polar surface area (TPSA) is 26.3 Å². The van der Waals surface area contributed by atoms with Gasteiger partial charge in [-0.3, -0.25) is 4.79 Å². The van der Waals surface area contributed by atoms with Crippen LogP contribution in [0.1, 0.15) is 34.0 Å². The van der Waals surface area contributed by atoms with Crippen LogP contribution < -0.4 is 4.74 Å². The summed E-state index contributed by atoms with van der Waals surface area (Å²) in [6.45, 7) is 1.95. The molecule has 0 saturated carbocycles. The highest BCUT2D eigenvalue weighted by atomic mass is 35.5. The first-order valence-corrected chi connectivity index (χ1v) is 7.05. The maximum absolute atomic E-state index is 12.3. The zero-order valence-corrected chi connectivity index (χ0v) is 12.3. The largest absolute Gasteiger partial charge is 0.484 e. The number of halogens is 2. The van der Waals surface area contributed by atoms with Gasteiger partial charge in [-0.15, -0.1) is 0 Å². The normalized spacial score (nSPS) is 17.6. The lowest BCUT2D eigenvalue weighted by Gasteiger charge is -2.26. The molecule has 20 heavy (non-hydrogen) atoms. The number of fused-ring (bicyclic) bond motifs is 1. The minimum atomic E-state index is -0.359. The van der Waals surface area contributed by atoms with Crippen molar-refractivity contribution in [3.05, 3.63) is 63.1 Å². The highest BCUT2D eigenvalue weighted by Gasteiger charge is 2.28. The number of rotatable bonds is 1. The molecule has 4 heteroatoms. The standard InChI is InChI=1S/C16H12Cl2O2/c1-9-2-5-15-12(6-9)14(19)8-16(20-15)11-4-3-10(17)7-13(11)18/h2-7,16H,8H2,1H3/t16-/m0/s1. The number of benzene rings is 2.